The van der Waals surface area contributed by atoms with Gasteiger partial charge in [0.1, 0.15) is 11.4 Å². The zero-order valence-corrected chi connectivity index (χ0v) is 9.21. The first kappa shape index (κ1) is 11.4. The number of carbonyl (C=O) groups excluding carboxylic acids is 1. The van der Waals surface area contributed by atoms with Crippen LogP contribution < -0.4 is 22.3 Å². The van der Waals surface area contributed by atoms with Crippen LogP contribution in [0.25, 0.3) is 0 Å². The highest BCUT2D eigenvalue weighted by atomic mass is 16.2. The topological polar surface area (TPSA) is 121 Å². The maximum absolute atomic E-state index is 11.8. The lowest BCUT2D eigenvalue weighted by Crippen LogP contribution is -2.37. The van der Waals surface area contributed by atoms with Gasteiger partial charge in [0.2, 0.25) is 0 Å². The summed E-state index contributed by atoms with van der Waals surface area (Å²) in [6.45, 7) is 0. The summed E-state index contributed by atoms with van der Waals surface area (Å²) in [4.78, 5) is 38.3. The molecule has 0 radical (unpaired) electrons. The Labute approximate surface area is 96.4 Å². The second-order valence-corrected chi connectivity index (χ2v) is 4.15. The lowest BCUT2D eigenvalue weighted by Gasteiger charge is -2.12. The molecular formula is C10H14N4O3. The van der Waals surface area contributed by atoms with Crippen LogP contribution in [0.5, 0.6) is 0 Å². The summed E-state index contributed by atoms with van der Waals surface area (Å²) in [6, 6.07) is 0.102. The molecule has 17 heavy (non-hydrogen) atoms. The highest BCUT2D eigenvalue weighted by molar-refractivity contribution is 5.96. The van der Waals surface area contributed by atoms with Crippen LogP contribution in [0, 0.1) is 0 Å². The third-order valence-corrected chi connectivity index (χ3v) is 2.90. The van der Waals surface area contributed by atoms with E-state index in [4.69, 9.17) is 5.73 Å². The van der Waals surface area contributed by atoms with Crippen molar-refractivity contribution in [3.05, 3.63) is 26.5 Å². The highest BCUT2D eigenvalue weighted by Crippen LogP contribution is 2.18. The Balaban J connectivity index is 2.24. The van der Waals surface area contributed by atoms with Crippen molar-refractivity contribution >= 4 is 11.6 Å². The molecule has 0 atom stereocenters. The van der Waals surface area contributed by atoms with Gasteiger partial charge in [-0.15, -0.1) is 0 Å². The smallest absolute Gasteiger partial charge is 0.326 e. The van der Waals surface area contributed by atoms with Gasteiger partial charge in [0.25, 0.3) is 11.5 Å². The molecule has 0 unspecified atom stereocenters. The molecule has 7 heteroatoms. The first-order chi connectivity index (χ1) is 8.08. The van der Waals surface area contributed by atoms with E-state index >= 15 is 0 Å². The number of hydrogen-bond acceptors (Lipinski definition) is 4. The van der Waals surface area contributed by atoms with E-state index in [9.17, 15) is 14.4 Å². The second-order valence-electron chi connectivity index (χ2n) is 4.15. The van der Waals surface area contributed by atoms with Crippen molar-refractivity contribution in [1.82, 2.24) is 15.3 Å². The zero-order chi connectivity index (χ0) is 12.4. The Morgan fingerprint density at radius 2 is 1.88 bits per heavy atom. The summed E-state index contributed by atoms with van der Waals surface area (Å²) >= 11 is 0. The number of hydrogen-bond donors (Lipinski definition) is 4. The van der Waals surface area contributed by atoms with E-state index in [2.05, 4.69) is 10.3 Å². The van der Waals surface area contributed by atoms with Gasteiger partial charge < -0.3 is 16.0 Å². The van der Waals surface area contributed by atoms with Crippen molar-refractivity contribution in [1.29, 1.82) is 0 Å². The van der Waals surface area contributed by atoms with Crippen LogP contribution in [0.1, 0.15) is 36.2 Å². The molecule has 0 saturated heterocycles. The lowest BCUT2D eigenvalue weighted by atomic mass is 10.2. The predicted molar refractivity (Wildman–Crippen MR) is 61.8 cm³/mol. The van der Waals surface area contributed by atoms with Crippen LogP contribution in [0.15, 0.2) is 9.59 Å². The summed E-state index contributed by atoms with van der Waals surface area (Å²) in [7, 11) is 0. The highest BCUT2D eigenvalue weighted by Gasteiger charge is 2.20. The fourth-order valence-electron chi connectivity index (χ4n) is 2.00. The summed E-state index contributed by atoms with van der Waals surface area (Å²) in [5.74, 6) is -0.502. The fraction of sp³-hybridized carbons (Fsp3) is 0.500. The molecule has 1 amide bonds. The summed E-state index contributed by atoms with van der Waals surface area (Å²) in [5.41, 5.74) is 3.55. The van der Waals surface area contributed by atoms with Crippen LogP contribution in [-0.4, -0.2) is 21.9 Å². The largest absolute Gasteiger partial charge is 0.392 e. The minimum absolute atomic E-state index is 0.102. The number of amides is 1. The summed E-state index contributed by atoms with van der Waals surface area (Å²) in [6.07, 6.45) is 3.98. The molecule has 7 nitrogen and oxygen atoms in total. The molecule has 2 rings (SSSR count). The Kier molecular flexibility index (Phi) is 2.99. The van der Waals surface area contributed by atoms with E-state index < -0.39 is 17.2 Å². The van der Waals surface area contributed by atoms with Crippen molar-refractivity contribution in [2.45, 2.75) is 31.7 Å². The molecule has 1 aliphatic rings. The van der Waals surface area contributed by atoms with Crippen LogP contribution in [-0.2, 0) is 0 Å². The average molecular weight is 238 g/mol. The van der Waals surface area contributed by atoms with E-state index in [1.807, 2.05) is 4.98 Å². The Morgan fingerprint density at radius 3 is 2.53 bits per heavy atom. The first-order valence-corrected chi connectivity index (χ1v) is 5.51. The minimum Gasteiger partial charge on any atom is -0.392 e. The molecule has 92 valence electrons. The molecule has 5 N–H and O–H groups in total. The van der Waals surface area contributed by atoms with Crippen LogP contribution in [0.4, 0.5) is 5.69 Å². The molecule has 1 aliphatic carbocycles. The molecule has 0 spiro atoms. The van der Waals surface area contributed by atoms with Crippen molar-refractivity contribution in [2.75, 3.05) is 5.73 Å². The number of nitrogen functional groups attached to an aromatic ring is 1. The van der Waals surface area contributed by atoms with Crippen molar-refractivity contribution in [3.63, 3.8) is 0 Å². The van der Waals surface area contributed by atoms with E-state index in [1.54, 1.807) is 0 Å². The number of anilines is 1. The molecule has 0 bridgehead atoms. The lowest BCUT2D eigenvalue weighted by molar-refractivity contribution is 0.0933. The third kappa shape index (κ3) is 2.38. The van der Waals surface area contributed by atoms with Gasteiger partial charge in [0, 0.05) is 6.04 Å². The number of H-pyrrole nitrogens is 2. The molecule has 1 aromatic rings. The number of aromatic nitrogens is 2. The molecule has 1 heterocycles. The van der Waals surface area contributed by atoms with E-state index in [1.165, 1.54) is 0 Å². The number of nitrogens with one attached hydrogen (secondary N) is 3. The van der Waals surface area contributed by atoms with Gasteiger partial charge in [-0.25, -0.2) is 4.79 Å². The van der Waals surface area contributed by atoms with Gasteiger partial charge >= 0.3 is 5.69 Å². The maximum atomic E-state index is 11.8. The molecular weight excluding hydrogens is 224 g/mol. The Bertz CT molecular complexity index is 539. The second kappa shape index (κ2) is 4.44. The molecule has 0 aromatic carbocycles. The SMILES string of the molecule is Nc1c(C(=O)NC2CCCC2)[nH]c(=O)[nH]c1=O. The van der Waals surface area contributed by atoms with Gasteiger partial charge in [-0.2, -0.15) is 0 Å². The van der Waals surface area contributed by atoms with Crippen molar-refractivity contribution < 1.29 is 4.79 Å². The molecule has 1 saturated carbocycles. The van der Waals surface area contributed by atoms with Crippen LogP contribution in [0.3, 0.4) is 0 Å². The van der Waals surface area contributed by atoms with Gasteiger partial charge in [0.15, 0.2) is 0 Å². The molecule has 1 aromatic heterocycles. The first-order valence-electron chi connectivity index (χ1n) is 5.51. The van der Waals surface area contributed by atoms with E-state index in [0.717, 1.165) is 25.7 Å². The fourth-order valence-corrected chi connectivity index (χ4v) is 2.00. The number of rotatable bonds is 2. The quantitative estimate of drug-likeness (QED) is 0.545. The number of aromatic amines is 2. The minimum atomic E-state index is -0.745. The maximum Gasteiger partial charge on any atom is 0.326 e. The van der Waals surface area contributed by atoms with E-state index in [0.29, 0.717) is 0 Å². The molecule has 1 fully saturated rings. The van der Waals surface area contributed by atoms with Gasteiger partial charge in [-0.3, -0.25) is 14.6 Å². The Morgan fingerprint density at radius 1 is 1.24 bits per heavy atom. The summed E-state index contributed by atoms with van der Waals surface area (Å²) < 4.78 is 0. The van der Waals surface area contributed by atoms with Gasteiger partial charge in [-0.05, 0) is 12.8 Å². The van der Waals surface area contributed by atoms with Gasteiger partial charge in [-0.1, -0.05) is 12.8 Å². The van der Waals surface area contributed by atoms with Gasteiger partial charge in [0.05, 0.1) is 0 Å². The van der Waals surface area contributed by atoms with E-state index in [-0.39, 0.29) is 17.4 Å². The standard InChI is InChI=1S/C10H14N4O3/c11-6-7(13-10(17)14-8(6)15)9(16)12-5-3-1-2-4-5/h5H,1-4,11H2,(H,12,16)(H2,13,14,15,17). The van der Waals surface area contributed by atoms with Crippen LogP contribution in [0.2, 0.25) is 0 Å². The van der Waals surface area contributed by atoms with Crippen LogP contribution >= 0.6 is 0 Å². The predicted octanol–water partition coefficient (Wildman–Crippen LogP) is -0.682. The average Bonchev–Trinajstić information content (AvgIpc) is 2.76. The molecule has 0 aliphatic heterocycles. The van der Waals surface area contributed by atoms with Crippen molar-refractivity contribution in [2.24, 2.45) is 0 Å². The monoisotopic (exact) mass is 238 g/mol. The normalized spacial score (nSPS) is 16.0. The summed E-state index contributed by atoms with van der Waals surface area (Å²) in [5, 5.41) is 2.75. The Hall–Kier alpha value is -2.05. The van der Waals surface area contributed by atoms with Crippen molar-refractivity contribution in [3.8, 4) is 0 Å². The number of carbonyl (C=O) groups is 1. The third-order valence-electron chi connectivity index (χ3n) is 2.90. The number of nitrogens with two attached hydrogens (primary N) is 1. The zero-order valence-electron chi connectivity index (χ0n) is 9.21.